The van der Waals surface area contributed by atoms with Crippen LogP contribution in [0.4, 0.5) is 20.1 Å². The molecule has 2 aliphatic rings. The van der Waals surface area contributed by atoms with Gasteiger partial charge >= 0.3 is 24.2 Å². The number of hydrogen-bond acceptors (Lipinski definition) is 11. The van der Waals surface area contributed by atoms with E-state index in [1.165, 1.54) is 20.7 Å². The van der Waals surface area contributed by atoms with Crippen LogP contribution in [0.15, 0.2) is 18.3 Å². The second kappa shape index (κ2) is 16.1. The molecule has 308 valence electrons. The Morgan fingerprint density at radius 2 is 1.56 bits per heavy atom. The van der Waals surface area contributed by atoms with Crippen molar-refractivity contribution in [2.75, 3.05) is 32.1 Å². The highest BCUT2D eigenvalue weighted by Crippen LogP contribution is 2.47. The lowest BCUT2D eigenvalue weighted by molar-refractivity contribution is -0.110. The van der Waals surface area contributed by atoms with Crippen LogP contribution < -0.4 is 5.32 Å². The van der Waals surface area contributed by atoms with Crippen LogP contribution in [0.25, 0.3) is 22.9 Å². The van der Waals surface area contributed by atoms with Gasteiger partial charge in [0.1, 0.15) is 16.8 Å². The van der Waals surface area contributed by atoms with Crippen molar-refractivity contribution in [1.29, 1.82) is 0 Å². The van der Waals surface area contributed by atoms with Gasteiger partial charge in [-0.05, 0) is 107 Å². The summed E-state index contributed by atoms with van der Waals surface area (Å²) >= 11 is 0. The molecule has 1 aliphatic heterocycles. The van der Waals surface area contributed by atoms with E-state index < -0.39 is 47.0 Å². The maximum absolute atomic E-state index is 13.8. The van der Waals surface area contributed by atoms with Gasteiger partial charge in [-0.25, -0.2) is 19.2 Å². The van der Waals surface area contributed by atoms with Crippen LogP contribution >= 0.6 is 0 Å². The number of ether oxygens (including phenoxy) is 4. The number of nitrogens with zero attached hydrogens (tertiary/aromatic N) is 5. The summed E-state index contributed by atoms with van der Waals surface area (Å²) in [5.74, 6) is -0.993. The largest absolute Gasteiger partial charge is 0.462 e. The Hall–Kier alpha value is -5.67. The molecule has 1 fully saturated rings. The van der Waals surface area contributed by atoms with Gasteiger partial charge in [-0.1, -0.05) is 0 Å². The molecule has 1 saturated carbocycles. The van der Waals surface area contributed by atoms with Crippen molar-refractivity contribution >= 4 is 47.5 Å². The maximum Gasteiger partial charge on any atom is 0.435 e. The number of carbonyl (C=O) groups is 5. The third-order valence-corrected chi connectivity index (χ3v) is 8.64. The summed E-state index contributed by atoms with van der Waals surface area (Å²) in [4.78, 5) is 77.5. The molecule has 4 heterocycles. The minimum absolute atomic E-state index is 0.0312. The average Bonchev–Trinajstić information content (AvgIpc) is 3.63. The quantitative estimate of drug-likeness (QED) is 0.118. The van der Waals surface area contributed by atoms with Gasteiger partial charge < -0.3 is 39.0 Å². The Morgan fingerprint density at radius 3 is 2.16 bits per heavy atom. The van der Waals surface area contributed by atoms with E-state index >= 15 is 0 Å². The van der Waals surface area contributed by atoms with Crippen molar-refractivity contribution in [1.82, 2.24) is 29.5 Å². The number of hydrogen-bond donors (Lipinski definition) is 2. The summed E-state index contributed by atoms with van der Waals surface area (Å²) in [6.07, 6.45) is 2.76. The van der Waals surface area contributed by atoms with Gasteiger partial charge in [0.15, 0.2) is 0 Å². The van der Waals surface area contributed by atoms with Crippen LogP contribution in [0.5, 0.6) is 0 Å². The fourth-order valence-corrected chi connectivity index (χ4v) is 6.11. The van der Waals surface area contributed by atoms with Crippen molar-refractivity contribution in [2.24, 2.45) is 0 Å². The first kappa shape index (κ1) is 42.5. The Bertz CT molecular complexity index is 2090. The number of amides is 3. The number of esters is 1. The van der Waals surface area contributed by atoms with Crippen LogP contribution in [-0.2, 0) is 30.3 Å². The third-order valence-electron chi connectivity index (χ3n) is 8.64. The lowest BCUT2D eigenvalue weighted by Gasteiger charge is -2.29. The Labute approximate surface area is 333 Å². The maximum atomic E-state index is 13.8. The van der Waals surface area contributed by atoms with Gasteiger partial charge in [-0.3, -0.25) is 9.78 Å². The zero-order valence-corrected chi connectivity index (χ0v) is 35.0. The second-order valence-electron chi connectivity index (χ2n) is 17.3. The molecule has 0 spiro atoms. The number of likely N-dealkylation sites (N-methyl/N-ethyl adjacent to an activating group) is 1. The Balaban J connectivity index is 1.63. The Morgan fingerprint density at radius 1 is 0.930 bits per heavy atom. The van der Waals surface area contributed by atoms with Gasteiger partial charge in [0.2, 0.25) is 0 Å². The fraction of sp³-hybridized carbons (Fsp3) is 0.537. The van der Waals surface area contributed by atoms with Gasteiger partial charge in [-0.15, -0.1) is 0 Å². The molecule has 0 unspecified atom stereocenters. The highest BCUT2D eigenvalue weighted by molar-refractivity contribution is 6.35. The number of anilines is 1. The fourth-order valence-electron chi connectivity index (χ4n) is 6.11. The molecule has 3 aromatic heterocycles. The predicted molar refractivity (Wildman–Crippen MR) is 213 cm³/mol. The van der Waals surface area contributed by atoms with Gasteiger partial charge in [0.25, 0.3) is 5.91 Å². The van der Waals surface area contributed by atoms with E-state index in [0.29, 0.717) is 45.3 Å². The second-order valence-corrected chi connectivity index (χ2v) is 17.3. The summed E-state index contributed by atoms with van der Waals surface area (Å²) < 4.78 is 23.6. The van der Waals surface area contributed by atoms with Crippen LogP contribution in [0.2, 0.25) is 0 Å². The van der Waals surface area contributed by atoms with E-state index in [1.807, 2.05) is 0 Å². The van der Waals surface area contributed by atoms with Crippen LogP contribution in [-0.4, -0.2) is 103 Å². The number of pyridine rings is 1. The van der Waals surface area contributed by atoms with Crippen molar-refractivity contribution in [3.05, 3.63) is 52.2 Å². The molecule has 1 aliphatic carbocycles. The zero-order valence-electron chi connectivity index (χ0n) is 35.0. The Kier molecular flexibility index (Phi) is 12.0. The molecule has 5 rings (SSSR count). The summed E-state index contributed by atoms with van der Waals surface area (Å²) in [6, 6.07) is 3.40. The molecule has 3 aromatic rings. The van der Waals surface area contributed by atoms with Crippen molar-refractivity contribution in [3.8, 4) is 11.3 Å². The van der Waals surface area contributed by atoms with E-state index in [2.05, 4.69) is 10.3 Å². The SMILES string of the molecule is CCOC(=O)c1cc(C)[nH]c1/C=C1\C(=O)Nc2cnc(-c3c(CN(CCN(C)C(=O)OC(C)(C)C)C(=O)OC(C)(C)C)nn(C(=O)OC(C)(C)C)c3C3CC3)cc21. The summed E-state index contributed by atoms with van der Waals surface area (Å²) in [7, 11) is 1.58. The number of aryl methyl sites for hydroxylation is 1. The topological polar surface area (TPSA) is 187 Å². The molecular weight excluding hydrogens is 734 g/mol. The van der Waals surface area contributed by atoms with E-state index in [9.17, 15) is 24.0 Å². The molecule has 16 nitrogen and oxygen atoms in total. The molecule has 2 N–H and O–H groups in total. The number of carbonyl (C=O) groups excluding carboxylic acids is 5. The molecule has 57 heavy (non-hydrogen) atoms. The molecule has 0 bridgehead atoms. The minimum Gasteiger partial charge on any atom is -0.462 e. The van der Waals surface area contributed by atoms with E-state index in [-0.39, 0.29) is 43.3 Å². The molecule has 0 aromatic carbocycles. The van der Waals surface area contributed by atoms with Crippen molar-refractivity contribution < 1.29 is 42.9 Å². The first-order valence-electron chi connectivity index (χ1n) is 19.1. The van der Waals surface area contributed by atoms with Gasteiger partial charge in [0, 0.05) is 42.9 Å². The minimum atomic E-state index is -0.848. The number of aromatic nitrogens is 4. The third kappa shape index (κ3) is 10.6. The summed E-state index contributed by atoms with van der Waals surface area (Å²) in [5, 5.41) is 7.65. The van der Waals surface area contributed by atoms with Crippen LogP contribution in [0.1, 0.15) is 127 Å². The lowest BCUT2D eigenvalue weighted by Crippen LogP contribution is -2.43. The number of H-pyrrole nitrogens is 1. The zero-order chi connectivity index (χ0) is 42.2. The average molecular weight is 790 g/mol. The van der Waals surface area contributed by atoms with Crippen LogP contribution in [0.3, 0.4) is 0 Å². The van der Waals surface area contributed by atoms with E-state index in [0.717, 1.165) is 12.8 Å². The molecule has 0 atom stereocenters. The number of nitrogens with one attached hydrogen (secondary N) is 2. The van der Waals surface area contributed by atoms with Crippen molar-refractivity contribution in [3.63, 3.8) is 0 Å². The normalized spacial score (nSPS) is 14.9. The van der Waals surface area contributed by atoms with Crippen molar-refractivity contribution in [2.45, 2.75) is 118 Å². The highest BCUT2D eigenvalue weighted by Gasteiger charge is 2.38. The summed E-state index contributed by atoms with van der Waals surface area (Å²) in [6.45, 7) is 19.5. The first-order chi connectivity index (χ1) is 26.4. The van der Waals surface area contributed by atoms with Gasteiger partial charge in [-0.2, -0.15) is 9.78 Å². The molecule has 0 saturated heterocycles. The molecule has 16 heteroatoms. The number of rotatable bonds is 10. The standard InChI is InChI=1S/C41H55N7O9/c1-13-54-35(50)27-18-23(2)43-28(27)20-26-25-19-29(42-21-30(25)44-34(26)49)32-31(45-48(33(32)24-14-15-24)38(53)57-41(9,10)11)22-47(37(52)56-40(6,7)8)17-16-46(12)36(51)55-39(3,4)5/h18-21,24,43H,13-17,22H2,1-12H3,(H,44,49)/b26-20-. The number of aromatic amines is 1. The van der Waals surface area contributed by atoms with Crippen LogP contribution in [0, 0.1) is 6.92 Å². The monoisotopic (exact) mass is 789 g/mol. The molecular formula is C41H55N7O9. The van der Waals surface area contributed by atoms with Gasteiger partial charge in [0.05, 0.1) is 58.9 Å². The van der Waals surface area contributed by atoms with E-state index in [4.69, 9.17) is 29.0 Å². The van der Waals surface area contributed by atoms with E-state index in [1.54, 1.807) is 101 Å². The smallest absolute Gasteiger partial charge is 0.435 e. The molecule has 3 amide bonds. The molecule has 0 radical (unpaired) electrons. The number of fused-ring (bicyclic) bond motifs is 1. The predicted octanol–water partition coefficient (Wildman–Crippen LogP) is 7.52. The summed E-state index contributed by atoms with van der Waals surface area (Å²) in [5.41, 5.74) is 2.01. The first-order valence-corrected chi connectivity index (χ1v) is 19.1. The highest BCUT2D eigenvalue weighted by atomic mass is 16.6. The lowest BCUT2D eigenvalue weighted by atomic mass is 10.00.